The van der Waals surface area contributed by atoms with Crippen molar-refractivity contribution in [3.8, 4) is 28.6 Å². The second-order valence-electron chi connectivity index (χ2n) is 37.0. The average Bonchev–Trinajstić information content (AvgIpc) is 1.57. The number of allylic oxidation sites excluding steroid dienone is 12. The quantitative estimate of drug-likeness (QED) is 0.00844. The van der Waals surface area contributed by atoms with Crippen LogP contribution in [-0.4, -0.2) is 129 Å². The topological polar surface area (TPSA) is 247 Å². The molecular formula is C102H124Cl2F4N8O10Si4. The van der Waals surface area contributed by atoms with E-state index >= 15 is 0 Å². The zero-order chi connectivity index (χ0) is 94.1. The number of aromatic nitrogens is 4. The number of furan rings is 1. The highest BCUT2D eigenvalue weighted by Crippen LogP contribution is 2.45. The number of hydrogen-bond donors (Lipinski definition) is 7. The van der Waals surface area contributed by atoms with E-state index in [2.05, 4.69) is 89.3 Å². The Morgan fingerprint density at radius 3 is 1.64 bits per heavy atom. The number of anilines is 4. The molecule has 28 heteroatoms. The minimum absolute atomic E-state index is 0.0226. The van der Waals surface area contributed by atoms with Crippen LogP contribution in [0.2, 0.25) is 86.6 Å². The molecule has 14 rings (SSSR count). The van der Waals surface area contributed by atoms with Gasteiger partial charge >= 0.3 is 0 Å². The zero-order valence-electron chi connectivity index (χ0n) is 77.6. The third-order valence-electron chi connectivity index (χ3n) is 23.8. The van der Waals surface area contributed by atoms with Gasteiger partial charge in [-0.2, -0.15) is 0 Å². The summed E-state index contributed by atoms with van der Waals surface area (Å²) in [5.41, 5.74) is 19.6. The van der Waals surface area contributed by atoms with Crippen molar-refractivity contribution in [3.05, 3.63) is 276 Å². The number of nitrogens with zero attached hydrogens (tertiary/aromatic N) is 5. The number of fused-ring (bicyclic) bond motifs is 4. The summed E-state index contributed by atoms with van der Waals surface area (Å²) in [6.45, 7) is 36.2. The summed E-state index contributed by atoms with van der Waals surface area (Å²) in [5, 5.41) is 11.8. The highest BCUT2D eigenvalue weighted by Gasteiger charge is 2.32. The lowest BCUT2D eigenvalue weighted by Gasteiger charge is -2.24. The van der Waals surface area contributed by atoms with Gasteiger partial charge in [0.05, 0.1) is 41.3 Å². The lowest BCUT2D eigenvalue weighted by atomic mass is 9.90. The maximum Gasteiger partial charge on any atom is 0.183 e. The SMILES string of the molecule is CC1=C(C(C)CCC[Si](C)(C)O)C(C)=C(/C=C2\C(=O)Cc3ccc(F)cc32)C1.CCN(CCCC(C)C1=C(C)CC(/C=C2\C(=O)Cc3ccc(F)cc32)=C1C)CC[Si](C)(C)O.COc1cc2ncnc(Nc3ccc(F)c(Cl)c3)c2cc1OCCC[Si](C)(C)O.C[Si](C)(O)CCNCc1ccc(-c2ccc3ncnc(Nc4ccc(OCc5cccc(F)c5)c(Cl)c4)c3c2)o1. The molecular weight excluding hydrogens is 1760 g/mol. The monoisotopic (exact) mass is 1880 g/mol. The molecule has 0 aliphatic heterocycles. The number of ketones is 2. The first-order valence-electron chi connectivity index (χ1n) is 44.7. The van der Waals surface area contributed by atoms with E-state index in [0.29, 0.717) is 99.6 Å². The van der Waals surface area contributed by atoms with Crippen LogP contribution < -0.4 is 30.2 Å². The number of methoxy groups -OCH3 is 1. The molecule has 0 saturated heterocycles. The van der Waals surface area contributed by atoms with Crippen molar-refractivity contribution in [2.24, 2.45) is 11.8 Å². The van der Waals surface area contributed by atoms with Gasteiger partial charge in [-0.15, -0.1) is 0 Å². The Morgan fingerprint density at radius 2 is 1.08 bits per heavy atom. The maximum atomic E-state index is 13.8. The van der Waals surface area contributed by atoms with Crippen molar-refractivity contribution in [1.82, 2.24) is 30.2 Å². The van der Waals surface area contributed by atoms with E-state index in [4.69, 9.17) is 41.8 Å². The van der Waals surface area contributed by atoms with Gasteiger partial charge in [0.2, 0.25) is 0 Å². The summed E-state index contributed by atoms with van der Waals surface area (Å²) >= 11 is 12.4. The number of benzene rings is 7. The molecule has 0 amide bonds. The highest BCUT2D eigenvalue weighted by atomic mass is 35.5. The molecule has 0 spiro atoms. The van der Waals surface area contributed by atoms with Crippen molar-refractivity contribution in [1.29, 1.82) is 0 Å². The van der Waals surface area contributed by atoms with Crippen molar-refractivity contribution in [2.45, 2.75) is 196 Å². The van der Waals surface area contributed by atoms with Gasteiger partial charge < -0.3 is 58.7 Å². The predicted molar refractivity (Wildman–Crippen MR) is 528 cm³/mol. The molecule has 2 atom stereocenters. The van der Waals surface area contributed by atoms with Crippen LogP contribution in [0.3, 0.4) is 0 Å². The molecule has 4 aliphatic carbocycles. The van der Waals surface area contributed by atoms with E-state index in [1.165, 1.54) is 106 Å². The first kappa shape index (κ1) is 101. The summed E-state index contributed by atoms with van der Waals surface area (Å²) in [6, 6.07) is 42.1. The van der Waals surface area contributed by atoms with Gasteiger partial charge in [0.15, 0.2) is 56.3 Å². The van der Waals surface area contributed by atoms with Crippen LogP contribution in [0.5, 0.6) is 17.2 Å². The molecule has 0 radical (unpaired) electrons. The van der Waals surface area contributed by atoms with E-state index in [1.54, 1.807) is 55.6 Å². The fraction of sp³-hybridized carbons (Fsp3) is 0.373. The molecule has 0 saturated carbocycles. The van der Waals surface area contributed by atoms with E-state index in [-0.39, 0.29) is 40.6 Å². The number of carbonyl (C=O) groups excluding carboxylic acids is 2. The van der Waals surface area contributed by atoms with Crippen LogP contribution in [0, 0.1) is 35.1 Å². The van der Waals surface area contributed by atoms with Crippen molar-refractivity contribution in [2.75, 3.05) is 50.5 Å². The van der Waals surface area contributed by atoms with Gasteiger partial charge in [0.1, 0.15) is 71.4 Å². The Balaban J connectivity index is 0.000000169. The van der Waals surface area contributed by atoms with Crippen LogP contribution in [-0.2, 0) is 35.6 Å². The van der Waals surface area contributed by atoms with E-state index in [1.807, 2.05) is 107 Å². The van der Waals surface area contributed by atoms with Gasteiger partial charge in [0.25, 0.3) is 0 Å². The van der Waals surface area contributed by atoms with Crippen LogP contribution in [0.25, 0.3) is 44.3 Å². The van der Waals surface area contributed by atoms with Crippen LogP contribution in [0.4, 0.5) is 40.6 Å². The first-order valence-corrected chi connectivity index (χ1v) is 58.1. The molecule has 7 aromatic carbocycles. The normalized spacial score (nSPS) is 15.2. The standard InChI is InChI=1S/C30H30ClFN4O3Si.C28H40FNO2Si.C24H31FO2Si.C20H23ClFN3O3Si/c1-40(2,37)13-12-33-17-24-8-11-28(39-24)21-6-9-27-25(15-21)30(35-19-34-27)36-23-7-10-29(26(31)16-23)38-18-20-4-3-5-22(32)14-20;1-7-30(13-14-33(5,6)32)12-8-9-19(2)28-20(3)15-23(21(28)4)16-26-25-18-24(29)11-10-22(25)17-27(26)31;1-15(7-6-10-28(4,5)27)24-16(2)11-19(17(24)3)12-22-21-14-20(25)9-8-18(21)13-23(22)26;1-27-18-11-17-14(10-19(18)28-7-4-8-29(2,3)26)20(24-12-23-17)25-13-5-6-16(22)15(21)9-13/h3-11,14-16,19,33,37H,12-13,17-18H2,1-2H3,(H,34,35,36);10-11,16,18-19,32H,7-9,12-15,17H2,1-6H3;8-9,12,14-15,27H,6-7,10-11,13H2,1-5H3;5-6,9-12,26H,4,7-8H2,1-3H3,(H,23,24,25)/b;26-16-;22-12-;. The van der Waals surface area contributed by atoms with E-state index in [9.17, 15) is 46.3 Å². The second kappa shape index (κ2) is 45.1. The molecule has 130 heavy (non-hydrogen) atoms. The Bertz CT molecular complexity index is 5950. The molecule has 690 valence electrons. The number of ether oxygens (including phenoxy) is 3. The molecule has 3 heterocycles. The molecule has 0 fully saturated rings. The Hall–Kier alpha value is -9.79. The third kappa shape index (κ3) is 28.6. The molecule has 4 aliphatic rings. The van der Waals surface area contributed by atoms with Gasteiger partial charge in [0, 0.05) is 57.8 Å². The largest absolute Gasteiger partial charge is 0.493 e. The van der Waals surface area contributed by atoms with Crippen LogP contribution in [0.1, 0.15) is 127 Å². The molecule has 10 aromatic rings. The maximum absolute atomic E-state index is 13.8. The summed E-state index contributed by atoms with van der Waals surface area (Å²) < 4.78 is 77.6. The number of Topliss-reactive ketones (excluding diaryl/α,β-unsaturated/α-hetero) is 2. The van der Waals surface area contributed by atoms with Gasteiger partial charge in [-0.1, -0.05) is 85.8 Å². The number of hydrogen-bond acceptors (Lipinski definition) is 18. The summed E-state index contributed by atoms with van der Waals surface area (Å²) in [5.74, 6) is 4.04. The Kier molecular flexibility index (Phi) is 34.9. The van der Waals surface area contributed by atoms with Gasteiger partial charge in [-0.05, 0) is 363 Å². The lowest BCUT2D eigenvalue weighted by molar-refractivity contribution is -0.113. The van der Waals surface area contributed by atoms with Crippen molar-refractivity contribution < 1.29 is 65.0 Å². The number of halogens is 6. The van der Waals surface area contributed by atoms with Crippen LogP contribution >= 0.6 is 23.2 Å². The number of rotatable bonds is 35. The van der Waals surface area contributed by atoms with Crippen molar-refractivity contribution >= 4 is 124 Å². The molecule has 7 N–H and O–H groups in total. The minimum Gasteiger partial charge on any atom is -0.493 e. The highest BCUT2D eigenvalue weighted by molar-refractivity contribution is 6.70. The lowest BCUT2D eigenvalue weighted by Crippen LogP contribution is -2.34. The first-order chi connectivity index (χ1) is 61.6. The smallest absolute Gasteiger partial charge is 0.183 e. The minimum atomic E-state index is -2.10. The Morgan fingerprint density at radius 1 is 0.538 bits per heavy atom. The van der Waals surface area contributed by atoms with Crippen LogP contribution in [0.15, 0.2) is 213 Å². The Labute approximate surface area is 776 Å². The summed E-state index contributed by atoms with van der Waals surface area (Å²) in [4.78, 5) is 85.3. The summed E-state index contributed by atoms with van der Waals surface area (Å²) in [7, 11) is -6.58. The molecule has 3 aromatic heterocycles. The van der Waals surface area contributed by atoms with Crippen molar-refractivity contribution in [3.63, 3.8) is 0 Å². The average molecular weight is 1880 g/mol. The van der Waals surface area contributed by atoms with E-state index < -0.39 is 39.1 Å². The molecule has 18 nitrogen and oxygen atoms in total. The van der Waals surface area contributed by atoms with Gasteiger partial charge in [-0.25, -0.2) is 37.5 Å². The fourth-order valence-electron chi connectivity index (χ4n) is 16.9. The third-order valence-corrected chi connectivity index (χ3v) is 30.5. The second-order valence-corrected chi connectivity index (χ2v) is 54.3. The number of nitrogens with one attached hydrogen (secondary N) is 3. The zero-order valence-corrected chi connectivity index (χ0v) is 83.1. The summed E-state index contributed by atoms with van der Waals surface area (Å²) in [6.07, 6.45) is 14.5. The van der Waals surface area contributed by atoms with E-state index in [0.717, 1.165) is 157 Å². The number of carbonyl (C=O) groups is 2. The molecule has 2 unspecified atom stereocenters. The molecule has 0 bridgehead atoms. The predicted octanol–water partition coefficient (Wildman–Crippen LogP) is 24.7. The van der Waals surface area contributed by atoms with Gasteiger partial charge in [-0.3, -0.25) is 9.59 Å². The fourth-order valence-corrected chi connectivity index (χ4v) is 21.1.